The molecule has 0 aliphatic rings. The van der Waals surface area contributed by atoms with E-state index in [0.717, 1.165) is 5.56 Å². The van der Waals surface area contributed by atoms with Crippen molar-refractivity contribution in [1.82, 2.24) is 10.6 Å². The van der Waals surface area contributed by atoms with E-state index in [1.807, 2.05) is 0 Å². The van der Waals surface area contributed by atoms with Crippen LogP contribution in [0.3, 0.4) is 0 Å². The Bertz CT molecular complexity index is 668. The molecule has 11 nitrogen and oxygen atoms in total. The van der Waals surface area contributed by atoms with Crippen LogP contribution in [0.1, 0.15) is 18.4 Å². The first-order valence-corrected chi connectivity index (χ1v) is 7.75. The fourth-order valence-corrected chi connectivity index (χ4v) is 2.34. The number of carbonyl (C=O) groups excluding carboxylic acids is 1. The van der Waals surface area contributed by atoms with E-state index in [2.05, 4.69) is 10.6 Å². The van der Waals surface area contributed by atoms with Gasteiger partial charge in [-0.25, -0.2) is 4.79 Å². The van der Waals surface area contributed by atoms with Gasteiger partial charge in [-0.15, -0.1) is 0 Å². The van der Waals surface area contributed by atoms with Crippen molar-refractivity contribution in [1.29, 1.82) is 5.41 Å². The molecule has 0 heterocycles. The number of rotatable bonds is 10. The molecule has 1 aromatic carbocycles. The number of aliphatic carboxylic acids is 1. The normalized spacial score (nSPS) is 13.9. The van der Waals surface area contributed by atoms with E-state index in [9.17, 15) is 24.8 Å². The number of amides is 1. The Kier molecular flexibility index (Phi) is 7.47. The molecule has 1 amide bonds. The number of nitrogens with one attached hydrogen (secondary N) is 3. The second-order valence-electron chi connectivity index (χ2n) is 5.69. The van der Waals surface area contributed by atoms with Crippen molar-refractivity contribution >= 4 is 17.8 Å². The average Bonchev–Trinajstić information content (AvgIpc) is 2.54. The maximum Gasteiger partial charge on any atom is 0.350 e. The molecule has 0 spiro atoms. The van der Waals surface area contributed by atoms with Crippen molar-refractivity contribution in [3.63, 3.8) is 0 Å². The number of nitrogens with two attached hydrogens (primary N) is 2. The van der Waals surface area contributed by atoms with E-state index in [1.54, 1.807) is 30.3 Å². The van der Waals surface area contributed by atoms with E-state index in [1.165, 1.54) is 0 Å². The summed E-state index contributed by atoms with van der Waals surface area (Å²) in [7, 11) is 0. The van der Waals surface area contributed by atoms with E-state index >= 15 is 0 Å². The van der Waals surface area contributed by atoms with Crippen LogP contribution in [0.2, 0.25) is 0 Å². The van der Waals surface area contributed by atoms with Crippen LogP contribution in [-0.2, 0) is 16.0 Å². The van der Waals surface area contributed by atoms with Gasteiger partial charge in [-0.3, -0.25) is 20.3 Å². The van der Waals surface area contributed by atoms with Gasteiger partial charge in [0.15, 0.2) is 5.96 Å². The Morgan fingerprint density at radius 2 is 1.92 bits per heavy atom. The molecule has 0 fully saturated rings. The Labute approximate surface area is 149 Å². The quantitative estimate of drug-likeness (QED) is 0.0995. The predicted octanol–water partition coefficient (Wildman–Crippen LogP) is -1.01. The van der Waals surface area contributed by atoms with Gasteiger partial charge in [0.2, 0.25) is 18.1 Å². The third-order valence-electron chi connectivity index (χ3n) is 3.58. The summed E-state index contributed by atoms with van der Waals surface area (Å²) in [5.41, 5.74) is 9.68. The lowest BCUT2D eigenvalue weighted by molar-refractivity contribution is -0.480. The lowest BCUT2D eigenvalue weighted by Gasteiger charge is -2.32. The number of guanidine groups is 1. The van der Waals surface area contributed by atoms with Crippen LogP contribution in [-0.4, -0.2) is 46.1 Å². The first-order chi connectivity index (χ1) is 12.2. The zero-order valence-electron chi connectivity index (χ0n) is 14.0. The van der Waals surface area contributed by atoms with Crippen molar-refractivity contribution in [3.8, 4) is 0 Å². The molecule has 0 bridgehead atoms. The van der Waals surface area contributed by atoms with E-state index in [0.29, 0.717) is 0 Å². The molecule has 0 aliphatic heterocycles. The minimum atomic E-state index is -2.16. The van der Waals surface area contributed by atoms with Gasteiger partial charge in [0.25, 0.3) is 0 Å². The third-order valence-corrected chi connectivity index (χ3v) is 3.58. The van der Waals surface area contributed by atoms with Gasteiger partial charge in [-0.2, -0.15) is 0 Å². The number of nitro groups is 1. The Hall–Kier alpha value is -3.21. The summed E-state index contributed by atoms with van der Waals surface area (Å²) in [6.45, 7) is -0.499. The predicted molar refractivity (Wildman–Crippen MR) is 92.8 cm³/mol. The molecular formula is C15H22N6O5. The Morgan fingerprint density at radius 1 is 1.31 bits per heavy atom. The van der Waals surface area contributed by atoms with Gasteiger partial charge in [-0.05, 0) is 12.0 Å². The second kappa shape index (κ2) is 9.32. The fraction of sp³-hybridized carbons (Fsp3) is 0.400. The number of hydrogen-bond acceptors (Lipinski definition) is 6. The number of carbonyl (C=O) groups is 2. The second-order valence-corrected chi connectivity index (χ2v) is 5.69. The van der Waals surface area contributed by atoms with Crippen molar-refractivity contribution < 1.29 is 19.6 Å². The first-order valence-electron chi connectivity index (χ1n) is 7.75. The Morgan fingerprint density at radius 3 is 2.42 bits per heavy atom. The van der Waals surface area contributed by atoms with Gasteiger partial charge >= 0.3 is 5.97 Å². The topological polar surface area (TPSA) is 197 Å². The van der Waals surface area contributed by atoms with Crippen LogP contribution >= 0.6 is 0 Å². The summed E-state index contributed by atoms with van der Waals surface area (Å²) in [6.07, 6.45) is -0.349. The molecule has 8 N–H and O–H groups in total. The SMILES string of the molecule is N=C(N)N[C@@](CCC[N+](=O)[O-])(NC(=O)[C@H](N)Cc1ccccc1)C(=O)O. The van der Waals surface area contributed by atoms with Gasteiger partial charge in [0.05, 0.1) is 6.04 Å². The van der Waals surface area contributed by atoms with Gasteiger partial charge in [0, 0.05) is 17.8 Å². The highest BCUT2D eigenvalue weighted by Crippen LogP contribution is 2.12. The molecule has 0 aromatic heterocycles. The molecule has 0 aliphatic carbocycles. The number of nitrogens with zero attached hydrogens (tertiary/aromatic N) is 1. The van der Waals surface area contributed by atoms with Crippen molar-refractivity contribution in [2.75, 3.05) is 6.54 Å². The monoisotopic (exact) mass is 366 g/mol. The molecule has 0 saturated carbocycles. The maximum absolute atomic E-state index is 12.4. The summed E-state index contributed by atoms with van der Waals surface area (Å²) >= 11 is 0. The summed E-state index contributed by atoms with van der Waals surface area (Å²) in [5, 5.41) is 31.7. The number of carboxylic acids is 1. The number of carboxylic acid groups (broad SMARTS) is 1. The standard InChI is InChI=1S/C15H22N6O5/c16-11(9-10-5-2-1-3-6-10)12(22)19-15(13(23)24,20-14(17)18)7-4-8-21(25)26/h1-3,5-6,11H,4,7-9,16H2,(H,19,22)(H,23,24)(H4,17,18,20)/t11-,15-/m1/s1. The van der Waals surface area contributed by atoms with Gasteiger partial charge < -0.3 is 27.2 Å². The smallest absolute Gasteiger partial charge is 0.350 e. The van der Waals surface area contributed by atoms with Gasteiger partial charge in [-0.1, -0.05) is 30.3 Å². The zero-order valence-corrected chi connectivity index (χ0v) is 14.0. The fourth-order valence-electron chi connectivity index (χ4n) is 2.34. The van der Waals surface area contributed by atoms with E-state index in [4.69, 9.17) is 16.9 Å². The number of hydrogen-bond donors (Lipinski definition) is 6. The lowest BCUT2D eigenvalue weighted by atomic mass is 10.0. The van der Waals surface area contributed by atoms with Crippen LogP contribution in [0.5, 0.6) is 0 Å². The molecule has 0 saturated heterocycles. The minimum Gasteiger partial charge on any atom is -0.478 e. The largest absolute Gasteiger partial charge is 0.478 e. The highest BCUT2D eigenvalue weighted by Gasteiger charge is 2.41. The molecular weight excluding hydrogens is 344 g/mol. The van der Waals surface area contributed by atoms with E-state index in [-0.39, 0.29) is 19.3 Å². The molecule has 142 valence electrons. The molecule has 0 radical (unpaired) electrons. The van der Waals surface area contributed by atoms with Crippen molar-refractivity contribution in [2.24, 2.45) is 11.5 Å². The summed E-state index contributed by atoms with van der Waals surface area (Å²) in [4.78, 5) is 33.9. The number of benzene rings is 1. The molecule has 2 atom stereocenters. The highest BCUT2D eigenvalue weighted by atomic mass is 16.6. The highest BCUT2D eigenvalue weighted by molar-refractivity contribution is 5.92. The van der Waals surface area contributed by atoms with Crippen molar-refractivity contribution in [2.45, 2.75) is 31.0 Å². The summed E-state index contributed by atoms with van der Waals surface area (Å²) in [5.74, 6) is -3.02. The van der Waals surface area contributed by atoms with Crippen LogP contribution in [0.15, 0.2) is 30.3 Å². The van der Waals surface area contributed by atoms with Crippen molar-refractivity contribution in [3.05, 3.63) is 46.0 Å². The first kappa shape index (κ1) is 20.8. The summed E-state index contributed by atoms with van der Waals surface area (Å²) in [6, 6.07) is 7.83. The van der Waals surface area contributed by atoms with Crippen LogP contribution in [0.4, 0.5) is 0 Å². The zero-order chi connectivity index (χ0) is 19.7. The average molecular weight is 366 g/mol. The minimum absolute atomic E-state index is 0.159. The van der Waals surface area contributed by atoms with Crippen LogP contribution in [0, 0.1) is 15.5 Å². The van der Waals surface area contributed by atoms with Crippen LogP contribution in [0.25, 0.3) is 0 Å². The molecule has 0 unspecified atom stereocenters. The maximum atomic E-state index is 12.4. The Balaban J connectivity index is 2.90. The molecule has 11 heteroatoms. The molecule has 1 rings (SSSR count). The van der Waals surface area contributed by atoms with Crippen LogP contribution < -0.4 is 22.1 Å². The van der Waals surface area contributed by atoms with Gasteiger partial charge in [0.1, 0.15) is 0 Å². The lowest BCUT2D eigenvalue weighted by Crippen LogP contribution is -2.68. The van der Waals surface area contributed by atoms with E-state index < -0.39 is 41.0 Å². The molecule has 26 heavy (non-hydrogen) atoms. The molecule has 1 aromatic rings. The summed E-state index contributed by atoms with van der Waals surface area (Å²) < 4.78 is 0. The third kappa shape index (κ3) is 6.36.